The van der Waals surface area contributed by atoms with E-state index in [1.807, 2.05) is 37.3 Å². The van der Waals surface area contributed by atoms with Crippen LogP contribution in [0.2, 0.25) is 0 Å². The Balaban J connectivity index is 1.70. The Bertz CT molecular complexity index is 1100. The van der Waals surface area contributed by atoms with Gasteiger partial charge in [0, 0.05) is 44.1 Å². The lowest BCUT2D eigenvalue weighted by Crippen LogP contribution is -2.14. The van der Waals surface area contributed by atoms with Crippen molar-refractivity contribution in [2.24, 2.45) is 0 Å². The van der Waals surface area contributed by atoms with Gasteiger partial charge in [-0.1, -0.05) is 18.2 Å². The van der Waals surface area contributed by atoms with E-state index >= 15 is 0 Å². The molecule has 6 nitrogen and oxygen atoms in total. The first kappa shape index (κ1) is 18.0. The molecule has 0 aliphatic heterocycles. The Morgan fingerprint density at radius 1 is 1.00 bits per heavy atom. The number of hydrogen-bond acceptors (Lipinski definition) is 5. The highest BCUT2D eigenvalue weighted by molar-refractivity contribution is 5.92. The minimum Gasteiger partial charge on any atom is -0.381 e. The van der Waals surface area contributed by atoms with Gasteiger partial charge in [0.2, 0.25) is 0 Å². The molecule has 1 N–H and O–H groups in total. The molecule has 0 aliphatic rings. The molecule has 4 rings (SSSR count). The molecule has 2 aromatic carbocycles. The van der Waals surface area contributed by atoms with E-state index in [0.29, 0.717) is 5.95 Å². The number of aryl methyl sites for hydroxylation is 2. The van der Waals surface area contributed by atoms with Crippen LogP contribution in [0.3, 0.4) is 0 Å². The van der Waals surface area contributed by atoms with Crippen LogP contribution in [0.5, 0.6) is 0 Å². The molecule has 142 valence electrons. The van der Waals surface area contributed by atoms with E-state index < -0.39 is 0 Å². The second-order valence-corrected chi connectivity index (χ2v) is 7.15. The first-order valence-corrected chi connectivity index (χ1v) is 9.31. The number of fused-ring (bicyclic) bond motifs is 1. The van der Waals surface area contributed by atoms with Crippen molar-refractivity contribution < 1.29 is 0 Å². The van der Waals surface area contributed by atoms with Crippen LogP contribution in [0.15, 0.2) is 54.9 Å². The third-order valence-electron chi connectivity index (χ3n) is 4.91. The minimum absolute atomic E-state index is 0.567. The van der Waals surface area contributed by atoms with Crippen molar-refractivity contribution in [2.75, 3.05) is 24.3 Å². The normalized spacial score (nSPS) is 11.0. The Kier molecular flexibility index (Phi) is 4.69. The summed E-state index contributed by atoms with van der Waals surface area (Å²) in [5.41, 5.74) is 5.88. The highest BCUT2D eigenvalue weighted by Gasteiger charge is 2.12. The number of hydrogen-bond donors (Lipinski definition) is 1. The summed E-state index contributed by atoms with van der Waals surface area (Å²) in [7, 11) is 3.98. The van der Waals surface area contributed by atoms with E-state index in [1.165, 1.54) is 16.7 Å². The van der Waals surface area contributed by atoms with Crippen LogP contribution in [-0.4, -0.2) is 33.8 Å². The lowest BCUT2D eigenvalue weighted by atomic mass is 10.0. The molecule has 4 aromatic rings. The fraction of sp³-hybridized carbons (Fsp3) is 0.227. The molecule has 0 amide bonds. The summed E-state index contributed by atoms with van der Waals surface area (Å²) in [5, 5.41) is 8.81. The predicted octanol–water partition coefficient (Wildman–Crippen LogP) is 4.11. The van der Waals surface area contributed by atoms with E-state index in [1.54, 1.807) is 10.9 Å². The lowest BCUT2D eigenvalue weighted by Gasteiger charge is -2.17. The third kappa shape index (κ3) is 3.41. The molecule has 0 unspecified atom stereocenters. The van der Waals surface area contributed by atoms with Crippen LogP contribution < -0.4 is 10.2 Å². The SMILES string of the molecule is Cc1cccc(C)c1CNc1ccc2nc(-n3cccn3)nc(N(C)C)c2c1. The van der Waals surface area contributed by atoms with E-state index in [4.69, 9.17) is 4.98 Å². The van der Waals surface area contributed by atoms with Crippen molar-refractivity contribution in [3.05, 3.63) is 71.5 Å². The summed E-state index contributed by atoms with van der Waals surface area (Å²) in [6, 6.07) is 14.5. The standard InChI is InChI=1S/C22H24N6/c1-15-7-5-8-16(2)19(15)14-23-17-9-10-20-18(13-17)21(27(3)4)26-22(25-20)28-12-6-11-24-28/h5-13,23H,14H2,1-4H3. The van der Waals surface area contributed by atoms with Gasteiger partial charge in [0.25, 0.3) is 5.95 Å². The summed E-state index contributed by atoms with van der Waals surface area (Å²) in [5.74, 6) is 1.43. The summed E-state index contributed by atoms with van der Waals surface area (Å²) in [6.07, 6.45) is 3.57. The van der Waals surface area contributed by atoms with Crippen molar-refractivity contribution in [3.63, 3.8) is 0 Å². The number of anilines is 2. The van der Waals surface area contributed by atoms with Gasteiger partial charge in [0.15, 0.2) is 0 Å². The van der Waals surface area contributed by atoms with Crippen molar-refractivity contribution in [1.82, 2.24) is 19.7 Å². The van der Waals surface area contributed by atoms with Crippen molar-refractivity contribution in [1.29, 1.82) is 0 Å². The van der Waals surface area contributed by atoms with Crippen LogP contribution in [0.1, 0.15) is 16.7 Å². The van der Waals surface area contributed by atoms with Gasteiger partial charge in [-0.25, -0.2) is 9.67 Å². The highest BCUT2D eigenvalue weighted by Crippen LogP contribution is 2.27. The lowest BCUT2D eigenvalue weighted by molar-refractivity contribution is 0.812. The number of benzene rings is 2. The Labute approximate surface area is 164 Å². The van der Waals surface area contributed by atoms with Crippen LogP contribution in [0.25, 0.3) is 16.9 Å². The Morgan fingerprint density at radius 2 is 1.79 bits per heavy atom. The second-order valence-electron chi connectivity index (χ2n) is 7.15. The molecule has 2 aromatic heterocycles. The zero-order valence-corrected chi connectivity index (χ0v) is 16.6. The maximum absolute atomic E-state index is 4.72. The monoisotopic (exact) mass is 372 g/mol. The van der Waals surface area contributed by atoms with E-state index in [-0.39, 0.29) is 0 Å². The molecule has 28 heavy (non-hydrogen) atoms. The van der Waals surface area contributed by atoms with Crippen LogP contribution in [0, 0.1) is 13.8 Å². The van der Waals surface area contributed by atoms with Crippen LogP contribution in [-0.2, 0) is 6.54 Å². The average Bonchev–Trinajstić information content (AvgIpc) is 3.21. The van der Waals surface area contributed by atoms with Gasteiger partial charge >= 0.3 is 0 Å². The molecular formula is C22H24N6. The Hall–Kier alpha value is -3.41. The predicted molar refractivity (Wildman–Crippen MR) is 114 cm³/mol. The zero-order chi connectivity index (χ0) is 19.7. The van der Waals surface area contributed by atoms with Crippen LogP contribution in [0.4, 0.5) is 11.5 Å². The van der Waals surface area contributed by atoms with Gasteiger partial charge in [-0.2, -0.15) is 10.1 Å². The first-order valence-electron chi connectivity index (χ1n) is 9.31. The quantitative estimate of drug-likeness (QED) is 0.571. The van der Waals surface area contributed by atoms with Gasteiger partial charge in [-0.05, 0) is 54.8 Å². The Morgan fingerprint density at radius 3 is 2.46 bits per heavy atom. The number of nitrogens with zero attached hydrogens (tertiary/aromatic N) is 5. The molecule has 0 saturated carbocycles. The van der Waals surface area contributed by atoms with Gasteiger partial charge in [0.1, 0.15) is 5.82 Å². The smallest absolute Gasteiger partial charge is 0.253 e. The van der Waals surface area contributed by atoms with E-state index in [0.717, 1.165) is 29.0 Å². The highest BCUT2D eigenvalue weighted by atomic mass is 15.3. The second kappa shape index (κ2) is 7.31. The third-order valence-corrected chi connectivity index (χ3v) is 4.91. The molecule has 6 heteroatoms. The summed E-state index contributed by atoms with van der Waals surface area (Å²) in [4.78, 5) is 11.4. The zero-order valence-electron chi connectivity index (χ0n) is 16.6. The largest absolute Gasteiger partial charge is 0.381 e. The maximum Gasteiger partial charge on any atom is 0.253 e. The molecule has 0 radical (unpaired) electrons. The fourth-order valence-corrected chi connectivity index (χ4v) is 3.36. The molecule has 0 spiro atoms. The van der Waals surface area contributed by atoms with Gasteiger partial charge in [0.05, 0.1) is 5.52 Å². The minimum atomic E-state index is 0.567. The number of rotatable bonds is 5. The molecule has 0 saturated heterocycles. The molecule has 0 bridgehead atoms. The van der Waals surface area contributed by atoms with Gasteiger partial charge in [-0.15, -0.1) is 0 Å². The van der Waals surface area contributed by atoms with Crippen LogP contribution >= 0.6 is 0 Å². The maximum atomic E-state index is 4.72. The summed E-state index contributed by atoms with van der Waals surface area (Å²) >= 11 is 0. The van der Waals surface area contributed by atoms with Gasteiger partial charge < -0.3 is 10.2 Å². The summed E-state index contributed by atoms with van der Waals surface area (Å²) in [6.45, 7) is 5.09. The van der Waals surface area contributed by atoms with E-state index in [2.05, 4.69) is 59.6 Å². The van der Waals surface area contributed by atoms with Crippen molar-refractivity contribution >= 4 is 22.4 Å². The van der Waals surface area contributed by atoms with Crippen molar-refractivity contribution in [2.45, 2.75) is 20.4 Å². The van der Waals surface area contributed by atoms with E-state index in [9.17, 15) is 0 Å². The fourth-order valence-electron chi connectivity index (χ4n) is 3.36. The molecule has 0 aliphatic carbocycles. The molecule has 2 heterocycles. The average molecular weight is 372 g/mol. The van der Waals surface area contributed by atoms with Crippen molar-refractivity contribution in [3.8, 4) is 5.95 Å². The first-order chi connectivity index (χ1) is 13.5. The molecule has 0 atom stereocenters. The number of aromatic nitrogens is 4. The number of nitrogens with one attached hydrogen (secondary N) is 1. The summed E-state index contributed by atoms with van der Waals surface area (Å²) < 4.78 is 1.68. The molecule has 0 fully saturated rings. The molecular weight excluding hydrogens is 348 g/mol. The topological polar surface area (TPSA) is 58.9 Å². The van der Waals surface area contributed by atoms with Gasteiger partial charge in [-0.3, -0.25) is 0 Å².